The molecule has 1 aromatic carbocycles. The van der Waals surface area contributed by atoms with Crippen molar-refractivity contribution in [3.63, 3.8) is 0 Å². The molecule has 0 aromatic heterocycles. The van der Waals surface area contributed by atoms with Gasteiger partial charge in [-0.15, -0.1) is 0 Å². The van der Waals surface area contributed by atoms with Crippen molar-refractivity contribution in [2.45, 2.75) is 12.8 Å². The number of hydrogen-bond acceptors (Lipinski definition) is 2. The molecule has 1 atom stereocenters. The number of carbonyl (C=O) groups is 1. The Balaban J connectivity index is 1.93. The zero-order valence-electron chi connectivity index (χ0n) is 9.30. The number of amides is 1. The Morgan fingerprint density at radius 3 is 3.06 bits per heavy atom. The Morgan fingerprint density at radius 2 is 2.41 bits per heavy atom. The molecule has 2 rings (SSSR count). The van der Waals surface area contributed by atoms with Crippen LogP contribution in [-0.4, -0.2) is 19.0 Å². The van der Waals surface area contributed by atoms with Gasteiger partial charge in [-0.2, -0.15) is 0 Å². The van der Waals surface area contributed by atoms with Crippen molar-refractivity contribution in [2.24, 2.45) is 5.92 Å². The lowest BCUT2D eigenvalue weighted by molar-refractivity contribution is -0.116. The summed E-state index contributed by atoms with van der Waals surface area (Å²) in [5, 5.41) is 6.05. The molecule has 17 heavy (non-hydrogen) atoms. The van der Waals surface area contributed by atoms with E-state index >= 15 is 0 Å². The van der Waals surface area contributed by atoms with Gasteiger partial charge in [-0.3, -0.25) is 4.79 Å². The minimum absolute atomic E-state index is 0.00299. The Bertz CT molecular complexity index is 419. The number of hydrogen-bond donors (Lipinski definition) is 2. The SMILES string of the molecule is O=C(CC1CCNC1)Nc1ccc(F)cc1I. The second-order valence-corrected chi connectivity index (χ2v) is 5.40. The summed E-state index contributed by atoms with van der Waals surface area (Å²) in [5.74, 6) is 0.142. The molecule has 5 heteroatoms. The van der Waals surface area contributed by atoms with Gasteiger partial charge in [-0.05, 0) is 66.2 Å². The topological polar surface area (TPSA) is 41.1 Å². The first-order chi connectivity index (χ1) is 8.15. The molecule has 1 unspecified atom stereocenters. The molecule has 92 valence electrons. The summed E-state index contributed by atoms with van der Waals surface area (Å²) < 4.78 is 13.6. The van der Waals surface area contributed by atoms with Gasteiger partial charge in [-0.25, -0.2) is 4.39 Å². The molecule has 3 nitrogen and oxygen atoms in total. The van der Waals surface area contributed by atoms with Crippen LogP contribution >= 0.6 is 22.6 Å². The average Bonchev–Trinajstić information content (AvgIpc) is 2.75. The number of benzene rings is 1. The van der Waals surface area contributed by atoms with Gasteiger partial charge in [0.25, 0.3) is 0 Å². The fraction of sp³-hybridized carbons (Fsp3) is 0.417. The molecule has 1 fully saturated rings. The van der Waals surface area contributed by atoms with Crippen LogP contribution in [0.5, 0.6) is 0 Å². The van der Waals surface area contributed by atoms with E-state index in [0.29, 0.717) is 18.0 Å². The highest BCUT2D eigenvalue weighted by Crippen LogP contribution is 2.20. The molecule has 1 heterocycles. The molecule has 1 aliphatic heterocycles. The second-order valence-electron chi connectivity index (χ2n) is 4.24. The molecule has 2 N–H and O–H groups in total. The third-order valence-corrected chi connectivity index (χ3v) is 3.73. The van der Waals surface area contributed by atoms with Crippen molar-refractivity contribution in [2.75, 3.05) is 18.4 Å². The highest BCUT2D eigenvalue weighted by molar-refractivity contribution is 14.1. The zero-order chi connectivity index (χ0) is 12.3. The Kier molecular flexibility index (Phi) is 4.33. The van der Waals surface area contributed by atoms with Crippen LogP contribution in [0.1, 0.15) is 12.8 Å². The van der Waals surface area contributed by atoms with Crippen LogP contribution in [-0.2, 0) is 4.79 Å². The lowest BCUT2D eigenvalue weighted by atomic mass is 10.0. The van der Waals surface area contributed by atoms with Gasteiger partial charge in [0.15, 0.2) is 0 Å². The predicted molar refractivity (Wildman–Crippen MR) is 73.3 cm³/mol. The van der Waals surface area contributed by atoms with Crippen molar-refractivity contribution in [1.29, 1.82) is 0 Å². The molecule has 1 aromatic rings. The van der Waals surface area contributed by atoms with Gasteiger partial charge in [0.2, 0.25) is 5.91 Å². The van der Waals surface area contributed by atoms with Crippen molar-refractivity contribution in [3.05, 3.63) is 27.6 Å². The highest BCUT2D eigenvalue weighted by Gasteiger charge is 2.18. The van der Waals surface area contributed by atoms with Crippen LogP contribution in [0.15, 0.2) is 18.2 Å². The normalized spacial score (nSPS) is 19.3. The minimum Gasteiger partial charge on any atom is -0.325 e. The summed E-state index contributed by atoms with van der Waals surface area (Å²) in [6.07, 6.45) is 1.58. The van der Waals surface area contributed by atoms with Crippen molar-refractivity contribution in [1.82, 2.24) is 5.32 Å². The molecule has 1 amide bonds. The summed E-state index contributed by atoms with van der Waals surface area (Å²) in [6.45, 7) is 1.90. The van der Waals surface area contributed by atoms with E-state index in [1.807, 2.05) is 22.6 Å². The average molecular weight is 348 g/mol. The molecule has 0 bridgehead atoms. The summed E-state index contributed by atoms with van der Waals surface area (Å²) in [5.41, 5.74) is 0.683. The van der Waals surface area contributed by atoms with E-state index in [1.54, 1.807) is 6.07 Å². The number of rotatable bonds is 3. The number of halogens is 2. The first-order valence-corrected chi connectivity index (χ1v) is 6.68. The fourth-order valence-electron chi connectivity index (χ4n) is 1.94. The molecular formula is C12H14FIN2O. The van der Waals surface area contributed by atoms with E-state index in [-0.39, 0.29) is 11.7 Å². The largest absolute Gasteiger partial charge is 0.325 e. The third kappa shape index (κ3) is 3.64. The summed E-state index contributed by atoms with van der Waals surface area (Å²) >= 11 is 2.02. The van der Waals surface area contributed by atoms with E-state index in [4.69, 9.17) is 0 Å². The van der Waals surface area contributed by atoms with E-state index < -0.39 is 0 Å². The predicted octanol–water partition coefficient (Wildman–Crippen LogP) is 2.37. The van der Waals surface area contributed by atoms with Crippen molar-refractivity contribution in [3.8, 4) is 0 Å². The van der Waals surface area contributed by atoms with Gasteiger partial charge in [-0.1, -0.05) is 0 Å². The quantitative estimate of drug-likeness (QED) is 0.824. The number of carbonyl (C=O) groups excluding carboxylic acids is 1. The van der Waals surface area contributed by atoms with E-state index in [2.05, 4.69) is 10.6 Å². The van der Waals surface area contributed by atoms with Crippen LogP contribution in [0.2, 0.25) is 0 Å². The Hall–Kier alpha value is -0.690. The molecule has 1 saturated heterocycles. The zero-order valence-corrected chi connectivity index (χ0v) is 11.5. The summed E-state index contributed by atoms with van der Waals surface area (Å²) in [4.78, 5) is 11.8. The van der Waals surface area contributed by atoms with E-state index in [1.165, 1.54) is 12.1 Å². The monoisotopic (exact) mass is 348 g/mol. The molecule has 0 radical (unpaired) electrons. The van der Waals surface area contributed by atoms with Gasteiger partial charge >= 0.3 is 0 Å². The standard InChI is InChI=1S/C12H14FIN2O/c13-9-1-2-11(10(14)6-9)16-12(17)5-8-3-4-15-7-8/h1-2,6,8,15H,3-5,7H2,(H,16,17). The first kappa shape index (κ1) is 12.8. The van der Waals surface area contributed by atoms with Gasteiger partial charge in [0, 0.05) is 9.99 Å². The highest BCUT2D eigenvalue weighted by atomic mass is 127. The van der Waals surface area contributed by atoms with Gasteiger partial charge in [0.05, 0.1) is 5.69 Å². The maximum atomic E-state index is 12.9. The van der Waals surface area contributed by atoms with Crippen molar-refractivity contribution >= 4 is 34.2 Å². The number of anilines is 1. The van der Waals surface area contributed by atoms with Crippen LogP contribution in [0.4, 0.5) is 10.1 Å². The second kappa shape index (κ2) is 5.77. The maximum Gasteiger partial charge on any atom is 0.224 e. The maximum absolute atomic E-state index is 12.9. The first-order valence-electron chi connectivity index (χ1n) is 5.61. The molecule has 0 aliphatic carbocycles. The molecule has 0 spiro atoms. The molecular weight excluding hydrogens is 334 g/mol. The van der Waals surface area contributed by atoms with Crippen LogP contribution in [0, 0.1) is 15.3 Å². The third-order valence-electron chi connectivity index (χ3n) is 2.84. The van der Waals surface area contributed by atoms with Crippen LogP contribution < -0.4 is 10.6 Å². The molecule has 1 aliphatic rings. The smallest absolute Gasteiger partial charge is 0.224 e. The van der Waals surface area contributed by atoms with Crippen LogP contribution in [0.3, 0.4) is 0 Å². The number of nitrogens with one attached hydrogen (secondary N) is 2. The van der Waals surface area contributed by atoms with E-state index in [0.717, 1.165) is 23.1 Å². The van der Waals surface area contributed by atoms with Gasteiger partial charge < -0.3 is 10.6 Å². The van der Waals surface area contributed by atoms with E-state index in [9.17, 15) is 9.18 Å². The lowest BCUT2D eigenvalue weighted by Crippen LogP contribution is -2.18. The van der Waals surface area contributed by atoms with Crippen LogP contribution in [0.25, 0.3) is 0 Å². The molecule has 0 saturated carbocycles. The summed E-state index contributed by atoms with van der Waals surface area (Å²) in [7, 11) is 0. The van der Waals surface area contributed by atoms with Crippen molar-refractivity contribution < 1.29 is 9.18 Å². The lowest BCUT2D eigenvalue weighted by Gasteiger charge is -2.10. The van der Waals surface area contributed by atoms with Gasteiger partial charge in [0.1, 0.15) is 5.82 Å². The Labute approximate surface area is 113 Å². The summed E-state index contributed by atoms with van der Waals surface area (Å²) in [6, 6.07) is 4.37. The Morgan fingerprint density at radius 1 is 1.59 bits per heavy atom. The fourth-order valence-corrected chi connectivity index (χ4v) is 2.56. The minimum atomic E-state index is -0.285.